The number of carboxylic acids is 1. The molecule has 1 unspecified atom stereocenters. The van der Waals surface area contributed by atoms with Crippen molar-refractivity contribution in [2.45, 2.75) is 39.2 Å². The number of ether oxygens (including phenoxy) is 1. The van der Waals surface area contributed by atoms with Crippen LogP contribution in [0.2, 0.25) is 0 Å². The zero-order valence-electron chi connectivity index (χ0n) is 12.6. The van der Waals surface area contributed by atoms with Gasteiger partial charge in [0, 0.05) is 0 Å². The lowest BCUT2D eigenvalue weighted by Gasteiger charge is -2.29. The van der Waals surface area contributed by atoms with Gasteiger partial charge in [-0.3, -0.25) is 4.79 Å². The van der Waals surface area contributed by atoms with Gasteiger partial charge in [-0.15, -0.1) is 0 Å². The van der Waals surface area contributed by atoms with Gasteiger partial charge in [-0.05, 0) is 69.3 Å². The number of hydrogen-bond donors (Lipinski definition) is 2. The monoisotopic (exact) mass is 277 g/mol. The molecule has 1 fully saturated rings. The highest BCUT2D eigenvalue weighted by atomic mass is 16.5. The number of benzene rings is 1. The molecular formula is C16H23NO3. The Hall–Kier alpha value is -1.55. The summed E-state index contributed by atoms with van der Waals surface area (Å²) in [4.78, 5) is 11.6. The summed E-state index contributed by atoms with van der Waals surface area (Å²) < 4.78 is 5.87. The van der Waals surface area contributed by atoms with Crippen LogP contribution in [0.4, 0.5) is 0 Å². The Bertz CT molecular complexity index is 523. The Morgan fingerprint density at radius 1 is 1.40 bits per heavy atom. The molecular weight excluding hydrogens is 254 g/mol. The summed E-state index contributed by atoms with van der Waals surface area (Å²) in [7, 11) is 1.70. The van der Waals surface area contributed by atoms with E-state index < -0.39 is 11.5 Å². The summed E-state index contributed by atoms with van der Waals surface area (Å²) in [6, 6.07) is 4.07. The molecule has 0 aliphatic heterocycles. The van der Waals surface area contributed by atoms with Gasteiger partial charge in [-0.25, -0.2) is 0 Å². The molecule has 0 bridgehead atoms. The van der Waals surface area contributed by atoms with Crippen molar-refractivity contribution < 1.29 is 14.6 Å². The lowest BCUT2D eigenvalue weighted by atomic mass is 9.94. The van der Waals surface area contributed by atoms with Crippen LogP contribution in [-0.2, 0) is 4.79 Å². The molecule has 0 saturated heterocycles. The second kappa shape index (κ2) is 5.44. The van der Waals surface area contributed by atoms with Crippen LogP contribution >= 0.6 is 0 Å². The summed E-state index contributed by atoms with van der Waals surface area (Å²) in [5.74, 6) is 0.116. The highest BCUT2D eigenvalue weighted by Crippen LogP contribution is 2.40. The molecule has 0 amide bonds. The molecule has 1 aliphatic rings. The number of carboxylic acid groups (broad SMARTS) is 1. The Balaban J connectivity index is 2.20. The predicted octanol–water partition coefficient (Wildman–Crippen LogP) is 2.44. The third kappa shape index (κ3) is 2.66. The van der Waals surface area contributed by atoms with E-state index >= 15 is 0 Å². The highest BCUT2D eigenvalue weighted by Gasteiger charge is 2.51. The van der Waals surface area contributed by atoms with Crippen molar-refractivity contribution in [3.05, 3.63) is 28.8 Å². The van der Waals surface area contributed by atoms with Crippen LogP contribution in [-0.4, -0.2) is 30.3 Å². The third-order valence-corrected chi connectivity index (χ3v) is 4.32. The van der Waals surface area contributed by atoms with Gasteiger partial charge in [0.05, 0.1) is 0 Å². The first-order chi connectivity index (χ1) is 9.40. The van der Waals surface area contributed by atoms with Gasteiger partial charge in [-0.1, -0.05) is 6.07 Å². The van der Waals surface area contributed by atoms with Gasteiger partial charge in [0.2, 0.25) is 0 Å². The molecule has 4 heteroatoms. The van der Waals surface area contributed by atoms with Crippen molar-refractivity contribution in [3.8, 4) is 5.75 Å². The Morgan fingerprint density at radius 3 is 2.55 bits per heavy atom. The van der Waals surface area contributed by atoms with E-state index in [-0.39, 0.29) is 12.5 Å². The number of nitrogens with one attached hydrogen (secondary N) is 1. The van der Waals surface area contributed by atoms with Gasteiger partial charge in [-0.2, -0.15) is 0 Å². The summed E-state index contributed by atoms with van der Waals surface area (Å²) in [6.07, 6.45) is 1.89. The van der Waals surface area contributed by atoms with Crippen molar-refractivity contribution in [1.29, 1.82) is 0 Å². The molecule has 0 spiro atoms. The Morgan fingerprint density at radius 2 is 2.05 bits per heavy atom. The van der Waals surface area contributed by atoms with Crippen LogP contribution in [0.3, 0.4) is 0 Å². The molecule has 1 aromatic carbocycles. The summed E-state index contributed by atoms with van der Waals surface area (Å²) in [5.41, 5.74) is 2.39. The van der Waals surface area contributed by atoms with Crippen LogP contribution in [0.25, 0.3) is 0 Å². The minimum atomic E-state index is -0.968. The van der Waals surface area contributed by atoms with Gasteiger partial charge >= 0.3 is 5.97 Å². The van der Waals surface area contributed by atoms with E-state index in [1.807, 2.05) is 26.8 Å². The first-order valence-electron chi connectivity index (χ1n) is 7.03. The number of hydrogen-bond acceptors (Lipinski definition) is 3. The molecule has 20 heavy (non-hydrogen) atoms. The molecule has 1 aliphatic carbocycles. The lowest BCUT2D eigenvalue weighted by Crippen LogP contribution is -2.56. The average Bonchev–Trinajstić information content (AvgIpc) is 3.20. The van der Waals surface area contributed by atoms with Crippen LogP contribution in [0.1, 0.15) is 29.5 Å². The fourth-order valence-corrected chi connectivity index (χ4v) is 2.66. The number of rotatable bonds is 6. The maximum atomic E-state index is 11.6. The average molecular weight is 277 g/mol. The molecule has 110 valence electrons. The van der Waals surface area contributed by atoms with Crippen LogP contribution in [0.5, 0.6) is 5.75 Å². The summed E-state index contributed by atoms with van der Waals surface area (Å²) >= 11 is 0. The number of aliphatic carboxylic acids is 1. The smallest absolute Gasteiger partial charge is 0.327 e. The minimum absolute atomic E-state index is 0.160. The first kappa shape index (κ1) is 14.9. The van der Waals surface area contributed by atoms with Crippen molar-refractivity contribution in [1.82, 2.24) is 5.32 Å². The molecule has 0 aromatic heterocycles. The Kier molecular flexibility index (Phi) is 4.04. The highest BCUT2D eigenvalue weighted by molar-refractivity contribution is 5.80. The van der Waals surface area contributed by atoms with Crippen LogP contribution < -0.4 is 10.1 Å². The summed E-state index contributed by atoms with van der Waals surface area (Å²) in [5, 5.41) is 12.5. The minimum Gasteiger partial charge on any atom is -0.491 e. The van der Waals surface area contributed by atoms with Gasteiger partial charge < -0.3 is 15.2 Å². The quantitative estimate of drug-likeness (QED) is 0.838. The van der Waals surface area contributed by atoms with Crippen molar-refractivity contribution in [2.75, 3.05) is 13.7 Å². The van der Waals surface area contributed by atoms with Gasteiger partial charge in [0.1, 0.15) is 12.4 Å². The largest absolute Gasteiger partial charge is 0.491 e. The number of likely N-dealkylation sites (N-methyl/N-ethyl adjacent to an activating group) is 1. The van der Waals surface area contributed by atoms with Crippen LogP contribution in [0.15, 0.2) is 12.1 Å². The van der Waals surface area contributed by atoms with Crippen molar-refractivity contribution in [3.63, 3.8) is 0 Å². The van der Waals surface area contributed by atoms with E-state index in [9.17, 15) is 9.90 Å². The molecule has 1 atom stereocenters. The molecule has 1 saturated carbocycles. The van der Waals surface area contributed by atoms with Crippen molar-refractivity contribution in [2.24, 2.45) is 5.92 Å². The molecule has 1 aromatic rings. The first-order valence-corrected chi connectivity index (χ1v) is 7.03. The SMILES string of the molecule is CNC(COc1cc(C)cc(C)c1C)(C(=O)O)C1CC1. The third-order valence-electron chi connectivity index (χ3n) is 4.32. The zero-order valence-corrected chi connectivity index (χ0v) is 12.6. The van der Waals surface area contributed by atoms with Crippen molar-refractivity contribution >= 4 is 5.97 Å². The standard InChI is InChI=1S/C16H23NO3/c1-10-7-11(2)12(3)14(8-10)20-9-16(17-4,15(18)19)13-5-6-13/h7-8,13,17H,5-6,9H2,1-4H3,(H,18,19). The fourth-order valence-electron chi connectivity index (χ4n) is 2.66. The summed E-state index contributed by atoms with van der Waals surface area (Å²) in [6.45, 7) is 6.22. The maximum absolute atomic E-state index is 11.6. The molecule has 2 rings (SSSR count). The Labute approximate surface area is 120 Å². The fraction of sp³-hybridized carbons (Fsp3) is 0.562. The lowest BCUT2D eigenvalue weighted by molar-refractivity contribution is -0.147. The topological polar surface area (TPSA) is 58.6 Å². The van der Waals surface area contributed by atoms with E-state index in [2.05, 4.69) is 11.4 Å². The zero-order chi connectivity index (χ0) is 14.9. The molecule has 4 nitrogen and oxygen atoms in total. The molecule has 0 heterocycles. The van der Waals surface area contributed by atoms with E-state index in [0.29, 0.717) is 0 Å². The molecule has 2 N–H and O–H groups in total. The number of aryl methyl sites for hydroxylation is 2. The second-order valence-electron chi connectivity index (χ2n) is 5.79. The van der Waals surface area contributed by atoms with E-state index in [1.54, 1.807) is 7.05 Å². The van der Waals surface area contributed by atoms with Crippen LogP contribution in [0, 0.1) is 26.7 Å². The normalized spacial score (nSPS) is 17.6. The van der Waals surface area contributed by atoms with E-state index in [4.69, 9.17) is 4.74 Å². The van der Waals surface area contributed by atoms with E-state index in [1.165, 1.54) is 0 Å². The van der Waals surface area contributed by atoms with Gasteiger partial charge in [0.25, 0.3) is 0 Å². The second-order valence-corrected chi connectivity index (χ2v) is 5.79. The maximum Gasteiger partial charge on any atom is 0.327 e. The van der Waals surface area contributed by atoms with E-state index in [0.717, 1.165) is 35.3 Å². The molecule has 0 radical (unpaired) electrons. The van der Waals surface area contributed by atoms with Gasteiger partial charge in [0.15, 0.2) is 5.54 Å². The number of carbonyl (C=O) groups is 1. The predicted molar refractivity (Wildman–Crippen MR) is 78.3 cm³/mol.